The topological polar surface area (TPSA) is 66.4 Å². The van der Waals surface area contributed by atoms with Gasteiger partial charge in [-0.3, -0.25) is 0 Å². The van der Waals surface area contributed by atoms with E-state index in [1.165, 1.54) is 6.07 Å². The lowest BCUT2D eigenvalue weighted by atomic mass is 9.98. The third-order valence-corrected chi connectivity index (χ3v) is 7.17. The smallest absolute Gasteiger partial charge is 0.250 e. The lowest BCUT2D eigenvalue weighted by molar-refractivity contribution is 0.111. The number of hydrogen-bond donors (Lipinski definition) is 2. The summed E-state index contributed by atoms with van der Waals surface area (Å²) in [6.07, 6.45) is 2.26. The number of hydrogen-bond acceptors (Lipinski definition) is 4. The van der Waals surface area contributed by atoms with Crippen molar-refractivity contribution in [1.82, 2.24) is 4.72 Å². The average Bonchev–Trinajstić information content (AvgIpc) is 2.94. The number of sulfonamides is 1. The lowest BCUT2D eigenvalue weighted by Gasteiger charge is -2.18. The number of fused-ring (bicyclic) bond motifs is 2. The Hall–Kier alpha value is -0.140. The molecule has 4 nitrogen and oxygen atoms in total. The van der Waals surface area contributed by atoms with Crippen molar-refractivity contribution < 1.29 is 13.5 Å². The van der Waals surface area contributed by atoms with Crippen LogP contribution in [-0.4, -0.2) is 25.7 Å². The largest absolute Gasteiger partial charge is 0.393 e. The van der Waals surface area contributed by atoms with E-state index < -0.39 is 10.0 Å². The van der Waals surface area contributed by atoms with Crippen LogP contribution in [-0.2, 0) is 10.0 Å². The summed E-state index contributed by atoms with van der Waals surface area (Å²) in [4.78, 5) is 0. The first-order chi connectivity index (χ1) is 8.47. The van der Waals surface area contributed by atoms with Gasteiger partial charge in [-0.25, -0.2) is 13.1 Å². The molecule has 2 fully saturated rings. The van der Waals surface area contributed by atoms with Gasteiger partial charge in [0.15, 0.2) is 0 Å². The van der Waals surface area contributed by atoms with E-state index in [1.807, 2.05) is 0 Å². The first kappa shape index (κ1) is 12.9. The van der Waals surface area contributed by atoms with Crippen molar-refractivity contribution in [3.63, 3.8) is 0 Å². The fourth-order valence-electron chi connectivity index (χ4n) is 3.16. The molecule has 0 spiro atoms. The van der Waals surface area contributed by atoms with Crippen LogP contribution in [0, 0.1) is 11.8 Å². The van der Waals surface area contributed by atoms with Crippen molar-refractivity contribution in [1.29, 1.82) is 0 Å². The van der Waals surface area contributed by atoms with Crippen LogP contribution in [0.25, 0.3) is 0 Å². The van der Waals surface area contributed by atoms with Crippen molar-refractivity contribution in [2.75, 3.05) is 0 Å². The van der Waals surface area contributed by atoms with Crippen LogP contribution in [0.2, 0.25) is 4.34 Å². The average molecular weight is 308 g/mol. The molecular weight excluding hydrogens is 294 g/mol. The zero-order chi connectivity index (χ0) is 12.9. The molecule has 100 valence electrons. The zero-order valence-corrected chi connectivity index (χ0v) is 11.9. The van der Waals surface area contributed by atoms with Crippen LogP contribution in [0.5, 0.6) is 0 Å². The normalized spacial score (nSPS) is 35.2. The van der Waals surface area contributed by atoms with Gasteiger partial charge in [0.05, 0.1) is 10.4 Å². The van der Waals surface area contributed by atoms with Crippen molar-refractivity contribution in [3.8, 4) is 0 Å². The van der Waals surface area contributed by atoms with Gasteiger partial charge < -0.3 is 5.11 Å². The van der Waals surface area contributed by atoms with Gasteiger partial charge >= 0.3 is 0 Å². The number of rotatable bonds is 3. The summed E-state index contributed by atoms with van der Waals surface area (Å²) in [5.41, 5.74) is 0. The van der Waals surface area contributed by atoms with E-state index >= 15 is 0 Å². The number of aliphatic hydroxyl groups excluding tert-OH is 1. The fraction of sp³-hybridized carbons (Fsp3) is 0.636. The predicted molar refractivity (Wildman–Crippen MR) is 70.3 cm³/mol. The summed E-state index contributed by atoms with van der Waals surface area (Å²) in [5, 5.41) is 9.81. The van der Waals surface area contributed by atoms with Gasteiger partial charge in [-0.15, -0.1) is 11.3 Å². The molecule has 3 rings (SSSR count). The predicted octanol–water partition coefficient (Wildman–Crippen LogP) is 1.84. The Kier molecular flexibility index (Phi) is 3.18. The maximum atomic E-state index is 12.2. The molecule has 2 aliphatic carbocycles. The van der Waals surface area contributed by atoms with E-state index in [9.17, 15) is 13.5 Å². The molecule has 1 aromatic heterocycles. The summed E-state index contributed by atoms with van der Waals surface area (Å²) < 4.78 is 27.8. The highest BCUT2D eigenvalue weighted by molar-refractivity contribution is 7.91. The third-order valence-electron chi connectivity index (χ3n) is 3.98. The fourth-order valence-corrected chi connectivity index (χ4v) is 6.01. The van der Waals surface area contributed by atoms with E-state index in [-0.39, 0.29) is 28.2 Å². The maximum Gasteiger partial charge on any atom is 0.250 e. The van der Waals surface area contributed by atoms with Gasteiger partial charge in [0.25, 0.3) is 0 Å². The van der Waals surface area contributed by atoms with Crippen molar-refractivity contribution in [3.05, 3.63) is 16.5 Å². The highest BCUT2D eigenvalue weighted by Crippen LogP contribution is 2.45. The molecule has 2 aliphatic rings. The van der Waals surface area contributed by atoms with E-state index in [0.29, 0.717) is 10.8 Å². The Bertz CT molecular complexity index is 556. The summed E-state index contributed by atoms with van der Waals surface area (Å²) in [5.74, 6) is 0.343. The Morgan fingerprint density at radius 3 is 2.67 bits per heavy atom. The monoisotopic (exact) mass is 307 g/mol. The summed E-state index contributed by atoms with van der Waals surface area (Å²) in [6, 6.07) is 2.98. The molecule has 4 atom stereocenters. The molecule has 2 bridgehead atoms. The van der Waals surface area contributed by atoms with Crippen LogP contribution >= 0.6 is 22.9 Å². The molecule has 0 aliphatic heterocycles. The van der Waals surface area contributed by atoms with Crippen molar-refractivity contribution >= 4 is 33.0 Å². The van der Waals surface area contributed by atoms with E-state index in [4.69, 9.17) is 11.6 Å². The molecule has 1 heterocycles. The number of halogens is 1. The zero-order valence-electron chi connectivity index (χ0n) is 9.54. The first-order valence-electron chi connectivity index (χ1n) is 5.93. The van der Waals surface area contributed by atoms with Crippen LogP contribution < -0.4 is 4.72 Å². The van der Waals surface area contributed by atoms with E-state index in [1.54, 1.807) is 6.07 Å². The molecule has 18 heavy (non-hydrogen) atoms. The van der Waals surface area contributed by atoms with Gasteiger partial charge in [-0.1, -0.05) is 11.6 Å². The Balaban J connectivity index is 1.81. The standard InChI is InChI=1S/C11H14ClNO3S2/c12-9-3-4-10(17-9)18(15,16)13-11-6-1-2-7(11)8(14)5-6/h3-4,6-8,11,13-14H,1-2,5H2. The van der Waals surface area contributed by atoms with Crippen molar-refractivity contribution in [2.24, 2.45) is 11.8 Å². The highest BCUT2D eigenvalue weighted by atomic mass is 35.5. The number of nitrogens with one attached hydrogen (secondary N) is 1. The second kappa shape index (κ2) is 4.45. The second-order valence-corrected chi connectivity index (χ2v) is 8.67. The van der Waals surface area contributed by atoms with Crippen LogP contribution in [0.4, 0.5) is 0 Å². The number of thiophene rings is 1. The molecule has 4 unspecified atom stereocenters. The maximum absolute atomic E-state index is 12.2. The Morgan fingerprint density at radius 1 is 1.39 bits per heavy atom. The SMILES string of the molecule is O=S(=O)(NC1C2CCC1C(O)C2)c1ccc(Cl)s1. The molecule has 0 amide bonds. The summed E-state index contributed by atoms with van der Waals surface area (Å²) in [6.45, 7) is 0. The van der Waals surface area contributed by atoms with Crippen LogP contribution in [0.3, 0.4) is 0 Å². The molecular formula is C11H14ClNO3S2. The van der Waals surface area contributed by atoms with E-state index in [2.05, 4.69) is 4.72 Å². The molecule has 0 saturated heterocycles. The Morgan fingerprint density at radius 2 is 2.17 bits per heavy atom. The molecule has 7 heteroatoms. The molecule has 1 aromatic rings. The van der Waals surface area contributed by atoms with Crippen LogP contribution in [0.15, 0.2) is 16.3 Å². The Labute approximate surface area is 115 Å². The quantitative estimate of drug-likeness (QED) is 0.895. The van der Waals surface area contributed by atoms with Gasteiger partial charge in [-0.05, 0) is 37.3 Å². The van der Waals surface area contributed by atoms with Crippen LogP contribution in [0.1, 0.15) is 19.3 Å². The van der Waals surface area contributed by atoms with Gasteiger partial charge in [0, 0.05) is 12.0 Å². The lowest BCUT2D eigenvalue weighted by Crippen LogP contribution is -2.38. The molecule has 0 aromatic carbocycles. The summed E-state index contributed by atoms with van der Waals surface area (Å²) in [7, 11) is -3.50. The second-order valence-electron chi connectivity index (χ2n) is 5.01. The van der Waals surface area contributed by atoms with E-state index in [0.717, 1.165) is 24.2 Å². The van der Waals surface area contributed by atoms with Gasteiger partial charge in [0.1, 0.15) is 4.21 Å². The third kappa shape index (κ3) is 2.10. The van der Waals surface area contributed by atoms with Crippen molar-refractivity contribution in [2.45, 2.75) is 35.6 Å². The number of aliphatic hydroxyl groups is 1. The minimum Gasteiger partial charge on any atom is -0.393 e. The first-order valence-corrected chi connectivity index (χ1v) is 8.61. The molecule has 2 N–H and O–H groups in total. The summed E-state index contributed by atoms with van der Waals surface area (Å²) >= 11 is 6.82. The minimum absolute atomic E-state index is 0.0696. The highest BCUT2D eigenvalue weighted by Gasteiger charge is 2.48. The minimum atomic E-state index is -3.50. The van der Waals surface area contributed by atoms with Gasteiger partial charge in [0.2, 0.25) is 10.0 Å². The molecule has 0 radical (unpaired) electrons. The molecule has 2 saturated carbocycles. The van der Waals surface area contributed by atoms with Gasteiger partial charge in [-0.2, -0.15) is 0 Å².